The molecule has 0 saturated heterocycles. The Labute approximate surface area is 212 Å². The standard InChI is InChI=1S/C32H29NO3/c34-31-29-15-6-7-16-30(29)32(35)33(31)21-8-1-2-9-22-36-28-14-10-13-27(23-28)26-19-17-25(18-20-26)24-11-4-3-5-12-24/h3-7,10-20,23H,1-2,8-9,21-22H2. The minimum Gasteiger partial charge on any atom is -0.494 e. The number of imide groups is 1. The van der Waals surface area contributed by atoms with Crippen molar-refractivity contribution >= 4 is 11.8 Å². The summed E-state index contributed by atoms with van der Waals surface area (Å²) in [5.74, 6) is 0.521. The van der Waals surface area contributed by atoms with Crippen LogP contribution in [0.4, 0.5) is 0 Å². The van der Waals surface area contributed by atoms with Crippen LogP contribution in [-0.4, -0.2) is 29.9 Å². The molecule has 0 spiro atoms. The molecule has 0 fully saturated rings. The normalized spacial score (nSPS) is 12.6. The van der Waals surface area contributed by atoms with Crippen LogP contribution >= 0.6 is 0 Å². The number of rotatable bonds is 10. The first-order valence-corrected chi connectivity index (χ1v) is 12.5. The van der Waals surface area contributed by atoms with Gasteiger partial charge in [-0.3, -0.25) is 14.5 Å². The van der Waals surface area contributed by atoms with Gasteiger partial charge in [-0.05, 0) is 59.4 Å². The monoisotopic (exact) mass is 475 g/mol. The predicted molar refractivity (Wildman–Crippen MR) is 143 cm³/mol. The Bertz CT molecular complexity index is 1310. The molecule has 0 aromatic heterocycles. The highest BCUT2D eigenvalue weighted by molar-refractivity contribution is 6.21. The maximum absolute atomic E-state index is 12.4. The van der Waals surface area contributed by atoms with Crippen molar-refractivity contribution in [3.05, 3.63) is 114 Å². The second kappa shape index (κ2) is 11.0. The number of nitrogens with zero attached hydrogens (tertiary/aromatic N) is 1. The Kier molecular flexibility index (Phi) is 7.23. The number of fused-ring (bicyclic) bond motifs is 1. The van der Waals surface area contributed by atoms with E-state index in [1.54, 1.807) is 24.3 Å². The molecule has 0 N–H and O–H groups in total. The van der Waals surface area contributed by atoms with Crippen LogP contribution in [0.1, 0.15) is 46.4 Å². The number of carbonyl (C=O) groups is 2. The summed E-state index contributed by atoms with van der Waals surface area (Å²) in [4.78, 5) is 26.2. The number of carbonyl (C=O) groups excluding carboxylic acids is 2. The van der Waals surface area contributed by atoms with E-state index in [9.17, 15) is 9.59 Å². The minimum absolute atomic E-state index is 0.173. The summed E-state index contributed by atoms with van der Waals surface area (Å²) in [6.45, 7) is 1.11. The van der Waals surface area contributed by atoms with E-state index in [1.165, 1.54) is 16.0 Å². The fourth-order valence-electron chi connectivity index (χ4n) is 4.61. The third-order valence-corrected chi connectivity index (χ3v) is 6.58. The fourth-order valence-corrected chi connectivity index (χ4v) is 4.61. The first-order valence-electron chi connectivity index (χ1n) is 12.5. The van der Waals surface area contributed by atoms with E-state index >= 15 is 0 Å². The second-order valence-electron chi connectivity index (χ2n) is 9.04. The first kappa shape index (κ1) is 23.6. The topological polar surface area (TPSA) is 46.6 Å². The molecule has 4 aromatic carbocycles. The molecular formula is C32H29NO3. The average Bonchev–Trinajstić information content (AvgIpc) is 3.18. The van der Waals surface area contributed by atoms with Gasteiger partial charge in [-0.1, -0.05) is 91.7 Å². The van der Waals surface area contributed by atoms with Gasteiger partial charge >= 0.3 is 0 Å². The van der Waals surface area contributed by atoms with Crippen LogP contribution < -0.4 is 4.74 Å². The van der Waals surface area contributed by atoms with Gasteiger partial charge in [0, 0.05) is 6.54 Å². The summed E-state index contributed by atoms with van der Waals surface area (Å²) in [6.07, 6.45) is 3.67. The van der Waals surface area contributed by atoms with Gasteiger partial charge in [-0.2, -0.15) is 0 Å². The zero-order chi connectivity index (χ0) is 24.7. The highest BCUT2D eigenvalue weighted by Gasteiger charge is 2.34. The molecule has 0 atom stereocenters. The molecule has 4 aromatic rings. The van der Waals surface area contributed by atoms with Gasteiger partial charge in [-0.25, -0.2) is 0 Å². The second-order valence-corrected chi connectivity index (χ2v) is 9.04. The largest absolute Gasteiger partial charge is 0.494 e. The van der Waals surface area contributed by atoms with Crippen LogP contribution in [0.2, 0.25) is 0 Å². The highest BCUT2D eigenvalue weighted by Crippen LogP contribution is 2.27. The van der Waals surface area contributed by atoms with E-state index < -0.39 is 0 Å². The summed E-state index contributed by atoms with van der Waals surface area (Å²) in [5.41, 5.74) is 5.75. The van der Waals surface area contributed by atoms with Crippen molar-refractivity contribution in [2.45, 2.75) is 25.7 Å². The number of hydrogen-bond donors (Lipinski definition) is 0. The molecule has 5 rings (SSSR count). The van der Waals surface area contributed by atoms with Gasteiger partial charge < -0.3 is 4.74 Å². The maximum Gasteiger partial charge on any atom is 0.261 e. The molecule has 0 saturated carbocycles. The van der Waals surface area contributed by atoms with Crippen molar-refractivity contribution in [3.63, 3.8) is 0 Å². The summed E-state index contributed by atoms with van der Waals surface area (Å²) in [5, 5.41) is 0. The Morgan fingerprint density at radius 3 is 1.78 bits per heavy atom. The number of amides is 2. The average molecular weight is 476 g/mol. The van der Waals surface area contributed by atoms with Gasteiger partial charge in [0.25, 0.3) is 11.8 Å². The lowest BCUT2D eigenvalue weighted by Gasteiger charge is -2.13. The van der Waals surface area contributed by atoms with Gasteiger partial charge in [0.2, 0.25) is 0 Å². The number of ether oxygens (including phenoxy) is 1. The molecular weight excluding hydrogens is 446 g/mol. The van der Waals surface area contributed by atoms with Crippen molar-refractivity contribution in [2.75, 3.05) is 13.2 Å². The van der Waals surface area contributed by atoms with Gasteiger partial charge in [0.05, 0.1) is 17.7 Å². The molecule has 36 heavy (non-hydrogen) atoms. The van der Waals surface area contributed by atoms with Gasteiger partial charge in [0.1, 0.15) is 5.75 Å². The minimum atomic E-state index is -0.173. The van der Waals surface area contributed by atoms with E-state index in [1.807, 2.05) is 18.2 Å². The molecule has 0 aliphatic carbocycles. The number of hydrogen-bond acceptors (Lipinski definition) is 3. The molecule has 1 heterocycles. The van der Waals surface area contributed by atoms with Crippen molar-refractivity contribution < 1.29 is 14.3 Å². The highest BCUT2D eigenvalue weighted by atomic mass is 16.5. The van der Waals surface area contributed by atoms with Gasteiger partial charge in [-0.15, -0.1) is 0 Å². The third-order valence-electron chi connectivity index (χ3n) is 6.58. The lowest BCUT2D eigenvalue weighted by Crippen LogP contribution is -2.30. The quantitative estimate of drug-likeness (QED) is 0.179. The number of unbranched alkanes of at least 4 members (excludes halogenated alkanes) is 3. The SMILES string of the molecule is O=C1c2ccccc2C(=O)N1CCCCCCOc1cccc(-c2ccc(-c3ccccc3)cc2)c1. The molecule has 0 bridgehead atoms. The maximum atomic E-state index is 12.4. The van der Waals surface area contributed by atoms with Crippen LogP contribution in [0.15, 0.2) is 103 Å². The molecule has 0 unspecified atom stereocenters. The molecule has 1 aliphatic heterocycles. The summed E-state index contributed by atoms with van der Waals surface area (Å²) in [7, 11) is 0. The summed E-state index contributed by atoms with van der Waals surface area (Å²) < 4.78 is 6.00. The van der Waals surface area contributed by atoms with Crippen LogP contribution in [0.5, 0.6) is 5.75 Å². The van der Waals surface area contributed by atoms with E-state index in [0.717, 1.165) is 42.6 Å². The molecule has 2 amide bonds. The van der Waals surface area contributed by atoms with E-state index in [4.69, 9.17) is 4.74 Å². The summed E-state index contributed by atoms with van der Waals surface area (Å²) in [6, 6.07) is 34.2. The molecule has 4 nitrogen and oxygen atoms in total. The van der Waals surface area contributed by atoms with Crippen LogP contribution in [0, 0.1) is 0 Å². The Hall–Kier alpha value is -4.18. The first-order chi connectivity index (χ1) is 17.7. The van der Waals surface area contributed by atoms with E-state index in [0.29, 0.717) is 24.3 Å². The zero-order valence-electron chi connectivity index (χ0n) is 20.2. The molecule has 4 heteroatoms. The van der Waals surface area contributed by atoms with Crippen LogP contribution in [0.3, 0.4) is 0 Å². The van der Waals surface area contributed by atoms with Crippen molar-refractivity contribution in [1.29, 1.82) is 0 Å². The smallest absolute Gasteiger partial charge is 0.261 e. The van der Waals surface area contributed by atoms with Crippen molar-refractivity contribution in [3.8, 4) is 28.0 Å². The zero-order valence-corrected chi connectivity index (χ0v) is 20.2. The Balaban J connectivity index is 1.05. The molecule has 0 radical (unpaired) electrons. The predicted octanol–water partition coefficient (Wildman–Crippen LogP) is 7.26. The van der Waals surface area contributed by atoms with Crippen molar-refractivity contribution in [1.82, 2.24) is 4.90 Å². The van der Waals surface area contributed by atoms with Crippen molar-refractivity contribution in [2.24, 2.45) is 0 Å². The lowest BCUT2D eigenvalue weighted by molar-refractivity contribution is 0.0651. The van der Waals surface area contributed by atoms with E-state index in [2.05, 4.69) is 60.7 Å². The number of benzene rings is 4. The van der Waals surface area contributed by atoms with Crippen LogP contribution in [0.25, 0.3) is 22.3 Å². The van der Waals surface area contributed by atoms with Crippen LogP contribution in [-0.2, 0) is 0 Å². The van der Waals surface area contributed by atoms with Gasteiger partial charge in [0.15, 0.2) is 0 Å². The molecule has 180 valence electrons. The Morgan fingerprint density at radius 1 is 0.528 bits per heavy atom. The lowest BCUT2D eigenvalue weighted by atomic mass is 10.0. The van der Waals surface area contributed by atoms with E-state index in [-0.39, 0.29) is 11.8 Å². The third kappa shape index (κ3) is 5.23. The fraction of sp³-hybridized carbons (Fsp3) is 0.188. The molecule has 1 aliphatic rings. The summed E-state index contributed by atoms with van der Waals surface area (Å²) >= 11 is 0. The Morgan fingerprint density at radius 2 is 1.08 bits per heavy atom.